The third-order valence-corrected chi connectivity index (χ3v) is 7.65. The lowest BCUT2D eigenvalue weighted by atomic mass is 10.0. The Morgan fingerprint density at radius 1 is 1.10 bits per heavy atom. The summed E-state index contributed by atoms with van der Waals surface area (Å²) >= 11 is 0. The van der Waals surface area contributed by atoms with Gasteiger partial charge in [-0.25, -0.2) is 17.2 Å². The molecular formula is C23H28F2N2O3S. The first kappa shape index (κ1) is 22.2. The second-order valence-corrected chi connectivity index (χ2v) is 11.1. The highest BCUT2D eigenvalue weighted by Crippen LogP contribution is 2.34. The van der Waals surface area contributed by atoms with Crippen molar-refractivity contribution in [1.82, 2.24) is 8.87 Å². The number of hydrogen-bond donors (Lipinski definition) is 1. The van der Waals surface area contributed by atoms with Gasteiger partial charge in [0.1, 0.15) is 11.6 Å². The van der Waals surface area contributed by atoms with E-state index in [1.165, 1.54) is 34.8 Å². The Labute approximate surface area is 181 Å². The van der Waals surface area contributed by atoms with Gasteiger partial charge in [-0.05, 0) is 62.1 Å². The molecule has 1 N–H and O–H groups in total. The van der Waals surface area contributed by atoms with E-state index in [1.54, 1.807) is 19.1 Å². The average Bonchev–Trinajstić information content (AvgIpc) is 3.20. The SMILES string of the molecule is CC1CCCC1N(CC(C)(O)Cn1c2ccc(F)cc2c2cc(F)ccc21)S(C)(=O)=O. The molecule has 0 saturated heterocycles. The van der Waals surface area contributed by atoms with Gasteiger partial charge in [-0.15, -0.1) is 0 Å². The predicted molar refractivity (Wildman–Crippen MR) is 118 cm³/mol. The molecule has 0 spiro atoms. The Balaban J connectivity index is 1.75. The summed E-state index contributed by atoms with van der Waals surface area (Å²) in [4.78, 5) is 0. The summed E-state index contributed by atoms with van der Waals surface area (Å²) in [5, 5.41) is 12.4. The van der Waals surface area contributed by atoms with Crippen molar-refractivity contribution in [2.45, 2.75) is 51.3 Å². The monoisotopic (exact) mass is 450 g/mol. The van der Waals surface area contributed by atoms with Crippen molar-refractivity contribution < 1.29 is 22.3 Å². The molecule has 3 atom stereocenters. The van der Waals surface area contributed by atoms with Gasteiger partial charge < -0.3 is 9.67 Å². The summed E-state index contributed by atoms with van der Waals surface area (Å²) in [6.07, 6.45) is 3.88. The van der Waals surface area contributed by atoms with Gasteiger partial charge >= 0.3 is 0 Å². The molecule has 0 bridgehead atoms. The van der Waals surface area contributed by atoms with E-state index in [0.29, 0.717) is 21.8 Å². The second kappa shape index (κ2) is 7.83. The summed E-state index contributed by atoms with van der Waals surface area (Å²) in [7, 11) is -3.52. The fourth-order valence-electron chi connectivity index (χ4n) is 4.98. The maximum atomic E-state index is 13.9. The van der Waals surface area contributed by atoms with E-state index in [2.05, 4.69) is 0 Å². The van der Waals surface area contributed by atoms with Gasteiger partial charge in [-0.2, -0.15) is 4.31 Å². The number of halogens is 2. The number of rotatable bonds is 6. The summed E-state index contributed by atoms with van der Waals surface area (Å²) in [6.45, 7) is 3.68. The fourth-order valence-corrected chi connectivity index (χ4v) is 6.30. The number of fused-ring (bicyclic) bond motifs is 3. The smallest absolute Gasteiger partial charge is 0.211 e. The molecule has 1 heterocycles. The Morgan fingerprint density at radius 3 is 2.10 bits per heavy atom. The molecule has 168 valence electrons. The zero-order valence-corrected chi connectivity index (χ0v) is 18.8. The van der Waals surface area contributed by atoms with Crippen LogP contribution in [0.3, 0.4) is 0 Å². The standard InChI is InChI=1S/C23H28F2N2O3S/c1-15-5-4-6-20(15)27(31(3,29)30)14-23(2,28)13-26-21-9-7-16(24)11-18(21)19-12-17(25)8-10-22(19)26/h7-12,15,20,28H,4-6,13-14H2,1-3H3. The maximum absolute atomic E-state index is 13.9. The predicted octanol–water partition coefficient (Wildman–Crippen LogP) is 4.27. The minimum Gasteiger partial charge on any atom is -0.387 e. The molecule has 1 aliphatic carbocycles. The number of nitrogens with zero attached hydrogens (tertiary/aromatic N) is 2. The number of aromatic nitrogens is 1. The first-order chi connectivity index (χ1) is 14.5. The van der Waals surface area contributed by atoms with Crippen LogP contribution < -0.4 is 0 Å². The van der Waals surface area contributed by atoms with Gasteiger partial charge in [0.2, 0.25) is 10.0 Å². The number of hydrogen-bond acceptors (Lipinski definition) is 3. The van der Waals surface area contributed by atoms with Gasteiger partial charge in [0.05, 0.1) is 18.4 Å². The highest BCUT2D eigenvalue weighted by Gasteiger charge is 2.38. The molecule has 31 heavy (non-hydrogen) atoms. The van der Waals surface area contributed by atoms with Crippen LogP contribution in [0.25, 0.3) is 21.8 Å². The highest BCUT2D eigenvalue weighted by molar-refractivity contribution is 7.88. The lowest BCUT2D eigenvalue weighted by molar-refractivity contribution is 0.0164. The van der Waals surface area contributed by atoms with Crippen LogP contribution in [0.2, 0.25) is 0 Å². The van der Waals surface area contributed by atoms with Crippen molar-refractivity contribution in [3.05, 3.63) is 48.0 Å². The maximum Gasteiger partial charge on any atom is 0.211 e. The Hall–Kier alpha value is -2.03. The Kier molecular flexibility index (Phi) is 5.60. The van der Waals surface area contributed by atoms with Gasteiger partial charge in [0.25, 0.3) is 0 Å². The van der Waals surface area contributed by atoms with E-state index in [4.69, 9.17) is 0 Å². The van der Waals surface area contributed by atoms with Crippen LogP contribution in [-0.2, 0) is 16.6 Å². The van der Waals surface area contributed by atoms with Gasteiger partial charge in [0.15, 0.2) is 0 Å². The lowest BCUT2D eigenvalue weighted by Crippen LogP contribution is -2.50. The van der Waals surface area contributed by atoms with Crippen molar-refractivity contribution in [2.24, 2.45) is 5.92 Å². The van der Waals surface area contributed by atoms with Crippen molar-refractivity contribution in [3.63, 3.8) is 0 Å². The van der Waals surface area contributed by atoms with Gasteiger partial charge in [0, 0.05) is 34.4 Å². The molecular weight excluding hydrogens is 422 g/mol. The quantitative estimate of drug-likeness (QED) is 0.610. The van der Waals surface area contributed by atoms with Crippen LogP contribution in [-0.4, -0.2) is 46.8 Å². The number of aliphatic hydroxyl groups is 1. The average molecular weight is 451 g/mol. The molecule has 1 aromatic heterocycles. The van der Waals surface area contributed by atoms with E-state index in [-0.39, 0.29) is 25.0 Å². The molecule has 5 nitrogen and oxygen atoms in total. The van der Waals surface area contributed by atoms with E-state index in [9.17, 15) is 22.3 Å². The van der Waals surface area contributed by atoms with Crippen LogP contribution in [0.15, 0.2) is 36.4 Å². The first-order valence-corrected chi connectivity index (χ1v) is 12.4. The van der Waals surface area contributed by atoms with E-state index in [1.807, 2.05) is 11.5 Å². The topological polar surface area (TPSA) is 62.5 Å². The molecule has 1 saturated carbocycles. The van der Waals surface area contributed by atoms with Crippen LogP contribution in [0.1, 0.15) is 33.1 Å². The summed E-state index contributed by atoms with van der Waals surface area (Å²) in [6, 6.07) is 8.43. The third kappa shape index (κ3) is 4.33. The van der Waals surface area contributed by atoms with Crippen LogP contribution in [0, 0.1) is 17.6 Å². The number of sulfonamides is 1. The van der Waals surface area contributed by atoms with E-state index < -0.39 is 27.3 Å². The van der Waals surface area contributed by atoms with E-state index in [0.717, 1.165) is 19.3 Å². The Morgan fingerprint density at radius 2 is 1.65 bits per heavy atom. The van der Waals surface area contributed by atoms with Crippen molar-refractivity contribution in [1.29, 1.82) is 0 Å². The van der Waals surface area contributed by atoms with Gasteiger partial charge in [-0.1, -0.05) is 13.3 Å². The van der Waals surface area contributed by atoms with Crippen molar-refractivity contribution in [3.8, 4) is 0 Å². The molecule has 0 aliphatic heterocycles. The first-order valence-electron chi connectivity index (χ1n) is 10.5. The molecule has 8 heteroatoms. The largest absolute Gasteiger partial charge is 0.387 e. The summed E-state index contributed by atoms with van der Waals surface area (Å²) < 4.78 is 56.2. The molecule has 3 aromatic rings. The molecule has 4 rings (SSSR count). The molecule has 3 unspecified atom stereocenters. The van der Waals surface area contributed by atoms with Crippen LogP contribution in [0.5, 0.6) is 0 Å². The molecule has 2 aromatic carbocycles. The lowest BCUT2D eigenvalue weighted by Gasteiger charge is -2.36. The highest BCUT2D eigenvalue weighted by atomic mass is 32.2. The minimum atomic E-state index is -3.52. The van der Waals surface area contributed by atoms with E-state index >= 15 is 0 Å². The molecule has 1 aliphatic rings. The van der Waals surface area contributed by atoms with Crippen LogP contribution in [0.4, 0.5) is 8.78 Å². The molecule has 0 amide bonds. The Bertz CT molecular complexity index is 1180. The summed E-state index contributed by atoms with van der Waals surface area (Å²) in [5.41, 5.74) is -0.0858. The zero-order valence-electron chi connectivity index (χ0n) is 18.0. The number of benzene rings is 2. The van der Waals surface area contributed by atoms with Gasteiger partial charge in [-0.3, -0.25) is 0 Å². The fraction of sp³-hybridized carbons (Fsp3) is 0.478. The zero-order chi connectivity index (χ0) is 22.6. The van der Waals surface area contributed by atoms with Crippen molar-refractivity contribution in [2.75, 3.05) is 12.8 Å². The minimum absolute atomic E-state index is 0.0512. The third-order valence-electron chi connectivity index (χ3n) is 6.40. The van der Waals surface area contributed by atoms with Crippen LogP contribution >= 0.6 is 0 Å². The second-order valence-electron chi connectivity index (χ2n) is 9.19. The normalized spacial score (nSPS) is 21.9. The van der Waals surface area contributed by atoms with Crippen molar-refractivity contribution >= 4 is 31.8 Å². The summed E-state index contributed by atoms with van der Waals surface area (Å²) in [5.74, 6) is -0.633. The molecule has 0 radical (unpaired) electrons. The molecule has 1 fully saturated rings.